The zero-order chi connectivity index (χ0) is 13.4. The zero-order valence-electron chi connectivity index (χ0n) is 10.9. The first-order chi connectivity index (χ1) is 8.69. The maximum atomic E-state index is 10.9. The van der Waals surface area contributed by atoms with Crippen molar-refractivity contribution in [3.8, 4) is 5.75 Å². The molecule has 0 fully saturated rings. The molecule has 0 saturated carbocycles. The van der Waals surface area contributed by atoms with E-state index in [0.717, 1.165) is 24.8 Å². The van der Waals surface area contributed by atoms with Gasteiger partial charge in [-0.05, 0) is 25.1 Å². The topological polar surface area (TPSA) is 64.4 Å². The van der Waals surface area contributed by atoms with Crippen molar-refractivity contribution >= 4 is 5.69 Å². The van der Waals surface area contributed by atoms with Gasteiger partial charge in [0.1, 0.15) is 0 Å². The summed E-state index contributed by atoms with van der Waals surface area (Å²) < 4.78 is 5.52. The molecule has 18 heavy (non-hydrogen) atoms. The van der Waals surface area contributed by atoms with Crippen molar-refractivity contribution < 1.29 is 9.66 Å². The molecule has 1 rings (SSSR count). The fourth-order valence-corrected chi connectivity index (χ4v) is 1.67. The summed E-state index contributed by atoms with van der Waals surface area (Å²) in [7, 11) is 1.84. The molecule has 1 aromatic carbocycles. The van der Waals surface area contributed by atoms with E-state index in [4.69, 9.17) is 4.74 Å². The molecule has 1 aromatic rings. The van der Waals surface area contributed by atoms with Gasteiger partial charge in [-0.2, -0.15) is 0 Å². The number of unbranched alkanes of at least 4 members (excludes halogenated alkanes) is 2. The van der Waals surface area contributed by atoms with Gasteiger partial charge < -0.3 is 10.1 Å². The Balaban J connectivity index is 2.76. The Hall–Kier alpha value is -1.62. The number of nitro benzene ring substituents is 1. The second kappa shape index (κ2) is 7.66. The number of nitrogens with one attached hydrogen (secondary N) is 1. The summed E-state index contributed by atoms with van der Waals surface area (Å²) in [6.07, 6.45) is 3.10. The van der Waals surface area contributed by atoms with Gasteiger partial charge in [-0.1, -0.05) is 25.8 Å². The average Bonchev–Trinajstić information content (AvgIpc) is 2.35. The molecule has 1 N–H and O–H groups in total. The number of ether oxygens (including phenoxy) is 1. The highest BCUT2D eigenvalue weighted by Gasteiger charge is 2.15. The van der Waals surface area contributed by atoms with Crippen molar-refractivity contribution in [1.29, 1.82) is 0 Å². The molecule has 0 amide bonds. The largest absolute Gasteiger partial charge is 0.487 e. The van der Waals surface area contributed by atoms with Gasteiger partial charge in [0.05, 0.1) is 11.5 Å². The molecule has 5 nitrogen and oxygen atoms in total. The van der Waals surface area contributed by atoms with Crippen LogP contribution in [-0.2, 0) is 6.54 Å². The average molecular weight is 252 g/mol. The van der Waals surface area contributed by atoms with Gasteiger partial charge in [0.25, 0.3) is 0 Å². The molecule has 0 saturated heterocycles. The highest BCUT2D eigenvalue weighted by molar-refractivity contribution is 5.48. The summed E-state index contributed by atoms with van der Waals surface area (Å²) in [5.41, 5.74) is 1.01. The van der Waals surface area contributed by atoms with Crippen molar-refractivity contribution in [2.24, 2.45) is 0 Å². The quantitative estimate of drug-likeness (QED) is 0.439. The summed E-state index contributed by atoms with van der Waals surface area (Å²) in [4.78, 5) is 10.5. The standard InChI is InChI=1S/C13H20N2O3/c1-3-4-5-8-18-13-9-11(10-14-2)6-7-12(13)15(16)17/h6-7,9,14H,3-5,8,10H2,1-2H3. The van der Waals surface area contributed by atoms with E-state index in [1.54, 1.807) is 12.1 Å². The van der Waals surface area contributed by atoms with E-state index in [9.17, 15) is 10.1 Å². The van der Waals surface area contributed by atoms with Crippen LogP contribution in [0.2, 0.25) is 0 Å². The fourth-order valence-electron chi connectivity index (χ4n) is 1.67. The van der Waals surface area contributed by atoms with Gasteiger partial charge in [0.15, 0.2) is 5.75 Å². The Morgan fingerprint density at radius 3 is 2.78 bits per heavy atom. The van der Waals surface area contributed by atoms with Gasteiger partial charge >= 0.3 is 5.69 Å². The van der Waals surface area contributed by atoms with Gasteiger partial charge in [0, 0.05) is 12.6 Å². The lowest BCUT2D eigenvalue weighted by atomic mass is 10.2. The third-order valence-corrected chi connectivity index (χ3v) is 2.61. The van der Waals surface area contributed by atoms with Crippen molar-refractivity contribution in [1.82, 2.24) is 5.32 Å². The van der Waals surface area contributed by atoms with Crippen LogP contribution in [0.4, 0.5) is 5.69 Å². The van der Waals surface area contributed by atoms with Gasteiger partial charge in [-0.25, -0.2) is 0 Å². The van der Waals surface area contributed by atoms with Gasteiger partial charge in [-0.3, -0.25) is 10.1 Å². The summed E-state index contributed by atoms with van der Waals surface area (Å²) in [6.45, 7) is 3.30. The van der Waals surface area contributed by atoms with Crippen LogP contribution in [0, 0.1) is 10.1 Å². The maximum absolute atomic E-state index is 10.9. The van der Waals surface area contributed by atoms with Crippen LogP contribution in [0.15, 0.2) is 18.2 Å². The van der Waals surface area contributed by atoms with E-state index in [-0.39, 0.29) is 5.69 Å². The summed E-state index contributed by atoms with van der Waals surface area (Å²) in [5, 5.41) is 13.9. The molecule has 0 aromatic heterocycles. The number of nitro groups is 1. The minimum absolute atomic E-state index is 0.0337. The monoisotopic (exact) mass is 252 g/mol. The summed E-state index contributed by atoms with van der Waals surface area (Å²) in [5.74, 6) is 0.365. The first-order valence-electron chi connectivity index (χ1n) is 6.23. The first kappa shape index (κ1) is 14.4. The van der Waals surface area contributed by atoms with E-state index in [1.807, 2.05) is 7.05 Å². The molecule has 0 unspecified atom stereocenters. The number of hydrogen-bond donors (Lipinski definition) is 1. The Morgan fingerprint density at radius 2 is 2.17 bits per heavy atom. The normalized spacial score (nSPS) is 10.3. The molecule has 0 aliphatic carbocycles. The molecule has 0 bridgehead atoms. The van der Waals surface area contributed by atoms with E-state index >= 15 is 0 Å². The number of rotatable bonds is 8. The van der Waals surface area contributed by atoms with E-state index in [1.165, 1.54) is 6.07 Å². The Labute approximate surface area is 107 Å². The van der Waals surface area contributed by atoms with Crippen LogP contribution in [-0.4, -0.2) is 18.6 Å². The maximum Gasteiger partial charge on any atom is 0.310 e. The van der Waals surface area contributed by atoms with Crippen LogP contribution in [0.25, 0.3) is 0 Å². The second-order valence-electron chi connectivity index (χ2n) is 4.15. The number of nitrogens with zero attached hydrogens (tertiary/aromatic N) is 1. The minimum Gasteiger partial charge on any atom is -0.487 e. The predicted molar refractivity (Wildman–Crippen MR) is 70.9 cm³/mol. The van der Waals surface area contributed by atoms with Crippen LogP contribution in [0.3, 0.4) is 0 Å². The van der Waals surface area contributed by atoms with Crippen molar-refractivity contribution in [2.45, 2.75) is 32.7 Å². The van der Waals surface area contributed by atoms with Crippen LogP contribution < -0.4 is 10.1 Å². The number of benzene rings is 1. The molecule has 100 valence electrons. The van der Waals surface area contributed by atoms with Crippen LogP contribution >= 0.6 is 0 Å². The molecular weight excluding hydrogens is 232 g/mol. The van der Waals surface area contributed by atoms with Crippen molar-refractivity contribution in [3.05, 3.63) is 33.9 Å². The van der Waals surface area contributed by atoms with Gasteiger partial charge in [-0.15, -0.1) is 0 Å². The molecule has 0 spiro atoms. The fraction of sp³-hybridized carbons (Fsp3) is 0.538. The lowest BCUT2D eigenvalue weighted by Gasteiger charge is -2.08. The summed E-state index contributed by atoms with van der Waals surface area (Å²) >= 11 is 0. The number of hydrogen-bond acceptors (Lipinski definition) is 4. The Morgan fingerprint density at radius 1 is 1.39 bits per heavy atom. The molecular formula is C13H20N2O3. The minimum atomic E-state index is -0.404. The first-order valence-corrected chi connectivity index (χ1v) is 6.23. The Kier molecular flexibility index (Phi) is 6.14. The molecule has 0 heterocycles. The Bertz CT molecular complexity index is 394. The molecule has 0 atom stereocenters. The van der Waals surface area contributed by atoms with E-state index in [2.05, 4.69) is 12.2 Å². The smallest absolute Gasteiger partial charge is 0.310 e. The summed E-state index contributed by atoms with van der Waals surface area (Å²) in [6, 6.07) is 4.98. The molecule has 0 aliphatic rings. The van der Waals surface area contributed by atoms with Crippen molar-refractivity contribution in [3.63, 3.8) is 0 Å². The van der Waals surface area contributed by atoms with E-state index in [0.29, 0.717) is 18.9 Å². The highest BCUT2D eigenvalue weighted by Crippen LogP contribution is 2.28. The SMILES string of the molecule is CCCCCOc1cc(CNC)ccc1[N+](=O)[O-]. The zero-order valence-corrected chi connectivity index (χ0v) is 10.9. The highest BCUT2D eigenvalue weighted by atomic mass is 16.6. The lowest BCUT2D eigenvalue weighted by molar-refractivity contribution is -0.385. The lowest BCUT2D eigenvalue weighted by Crippen LogP contribution is -2.06. The van der Waals surface area contributed by atoms with Crippen LogP contribution in [0.5, 0.6) is 5.75 Å². The predicted octanol–water partition coefficient (Wildman–Crippen LogP) is 2.88. The third-order valence-electron chi connectivity index (χ3n) is 2.61. The molecule has 5 heteroatoms. The molecule has 0 radical (unpaired) electrons. The van der Waals surface area contributed by atoms with Crippen LogP contribution in [0.1, 0.15) is 31.7 Å². The third kappa shape index (κ3) is 4.33. The van der Waals surface area contributed by atoms with Crippen molar-refractivity contribution in [2.75, 3.05) is 13.7 Å². The molecule has 0 aliphatic heterocycles. The second-order valence-corrected chi connectivity index (χ2v) is 4.15. The van der Waals surface area contributed by atoms with Gasteiger partial charge in [0.2, 0.25) is 0 Å². The van der Waals surface area contributed by atoms with E-state index < -0.39 is 4.92 Å².